The number of aromatic nitrogens is 1. The molecular weight excluding hydrogens is 274 g/mol. The number of hydrogen-bond acceptors (Lipinski definition) is 5. The van der Waals surface area contributed by atoms with Crippen molar-refractivity contribution in [2.75, 3.05) is 17.3 Å². The fourth-order valence-electron chi connectivity index (χ4n) is 2.80. The molecule has 102 valence electrons. The number of nitrogens with two attached hydrogens (primary N) is 1. The normalized spacial score (nSPS) is 23.1. The maximum Gasteiger partial charge on any atom is 0.0907 e. The highest BCUT2D eigenvalue weighted by atomic mass is 32.2. The van der Waals surface area contributed by atoms with E-state index in [9.17, 15) is 0 Å². The summed E-state index contributed by atoms with van der Waals surface area (Å²) in [5.41, 5.74) is 9.11. The SMILES string of the molecule is CSC1CCCC1Nc1cc2nc(C)sc2cc1N. The van der Waals surface area contributed by atoms with Crippen molar-refractivity contribution in [2.24, 2.45) is 0 Å². The number of nitrogens with zero attached hydrogens (tertiary/aromatic N) is 1. The maximum absolute atomic E-state index is 6.17. The van der Waals surface area contributed by atoms with Crippen LogP contribution >= 0.6 is 23.1 Å². The molecule has 3 rings (SSSR count). The molecule has 0 spiro atoms. The minimum atomic E-state index is 0.537. The smallest absolute Gasteiger partial charge is 0.0907 e. The molecule has 1 heterocycles. The third-order valence-electron chi connectivity index (χ3n) is 3.76. The Kier molecular flexibility index (Phi) is 3.58. The van der Waals surface area contributed by atoms with E-state index in [1.54, 1.807) is 11.3 Å². The molecule has 1 aliphatic rings. The zero-order valence-corrected chi connectivity index (χ0v) is 12.9. The van der Waals surface area contributed by atoms with Crippen LogP contribution in [0, 0.1) is 6.92 Å². The van der Waals surface area contributed by atoms with Crippen LogP contribution in [0.25, 0.3) is 10.2 Å². The van der Waals surface area contributed by atoms with E-state index in [4.69, 9.17) is 5.73 Å². The largest absolute Gasteiger partial charge is 0.397 e. The highest BCUT2D eigenvalue weighted by Gasteiger charge is 2.26. The lowest BCUT2D eigenvalue weighted by Crippen LogP contribution is -2.26. The van der Waals surface area contributed by atoms with E-state index in [1.807, 2.05) is 24.8 Å². The van der Waals surface area contributed by atoms with E-state index in [0.29, 0.717) is 11.3 Å². The molecule has 1 aliphatic carbocycles. The van der Waals surface area contributed by atoms with Crippen molar-refractivity contribution in [1.29, 1.82) is 0 Å². The Morgan fingerprint density at radius 2 is 2.26 bits per heavy atom. The summed E-state index contributed by atoms with van der Waals surface area (Å²) in [6, 6.07) is 4.68. The fourth-order valence-corrected chi connectivity index (χ4v) is 4.60. The van der Waals surface area contributed by atoms with Crippen LogP contribution in [0.15, 0.2) is 12.1 Å². The van der Waals surface area contributed by atoms with Gasteiger partial charge in [0.2, 0.25) is 0 Å². The minimum Gasteiger partial charge on any atom is -0.397 e. The Hall–Kier alpha value is -0.940. The molecule has 3 nitrogen and oxygen atoms in total. The molecule has 1 aromatic heterocycles. The van der Waals surface area contributed by atoms with Gasteiger partial charge < -0.3 is 11.1 Å². The van der Waals surface area contributed by atoms with Gasteiger partial charge in [0.05, 0.1) is 26.6 Å². The van der Waals surface area contributed by atoms with Gasteiger partial charge in [0, 0.05) is 11.3 Å². The van der Waals surface area contributed by atoms with Crippen molar-refractivity contribution in [2.45, 2.75) is 37.5 Å². The number of fused-ring (bicyclic) bond motifs is 1. The van der Waals surface area contributed by atoms with Gasteiger partial charge >= 0.3 is 0 Å². The quantitative estimate of drug-likeness (QED) is 0.843. The average Bonchev–Trinajstić information content (AvgIpc) is 2.95. The number of rotatable bonds is 3. The molecule has 1 saturated carbocycles. The first-order valence-electron chi connectivity index (χ1n) is 6.63. The van der Waals surface area contributed by atoms with Gasteiger partial charge in [-0.1, -0.05) is 6.42 Å². The monoisotopic (exact) mass is 293 g/mol. The summed E-state index contributed by atoms with van der Waals surface area (Å²) in [5, 5.41) is 5.42. The van der Waals surface area contributed by atoms with Gasteiger partial charge in [-0.3, -0.25) is 0 Å². The van der Waals surface area contributed by atoms with Crippen molar-refractivity contribution < 1.29 is 0 Å². The lowest BCUT2D eigenvalue weighted by Gasteiger charge is -2.21. The number of aryl methyl sites for hydroxylation is 1. The lowest BCUT2D eigenvalue weighted by atomic mass is 10.2. The molecule has 1 fully saturated rings. The zero-order valence-electron chi connectivity index (χ0n) is 11.3. The first kappa shape index (κ1) is 13.1. The number of anilines is 2. The van der Waals surface area contributed by atoms with Crippen LogP contribution in [0.1, 0.15) is 24.3 Å². The second kappa shape index (κ2) is 5.21. The molecule has 5 heteroatoms. The summed E-state index contributed by atoms with van der Waals surface area (Å²) in [6.07, 6.45) is 6.04. The van der Waals surface area contributed by atoms with E-state index in [0.717, 1.165) is 21.9 Å². The summed E-state index contributed by atoms with van der Waals surface area (Å²) in [5.74, 6) is 0. The second-order valence-electron chi connectivity index (χ2n) is 5.10. The van der Waals surface area contributed by atoms with E-state index in [2.05, 4.69) is 22.6 Å². The fraction of sp³-hybridized carbons (Fsp3) is 0.500. The van der Waals surface area contributed by atoms with Gasteiger partial charge in [-0.25, -0.2) is 4.98 Å². The van der Waals surface area contributed by atoms with Crippen LogP contribution in [0.5, 0.6) is 0 Å². The highest BCUT2D eigenvalue weighted by Crippen LogP contribution is 2.34. The van der Waals surface area contributed by atoms with E-state index in [-0.39, 0.29) is 0 Å². The summed E-state index contributed by atoms with van der Waals surface area (Å²) in [6.45, 7) is 2.04. The predicted octanol–water partition coefficient (Wildman–Crippen LogP) is 3.88. The van der Waals surface area contributed by atoms with Gasteiger partial charge in [-0.2, -0.15) is 11.8 Å². The molecule has 0 bridgehead atoms. The topological polar surface area (TPSA) is 50.9 Å². The maximum atomic E-state index is 6.17. The Bertz CT molecular complexity index is 594. The zero-order chi connectivity index (χ0) is 13.4. The van der Waals surface area contributed by atoms with Crippen LogP contribution in [0.4, 0.5) is 11.4 Å². The van der Waals surface area contributed by atoms with Crippen LogP contribution in [-0.4, -0.2) is 22.5 Å². The standard InChI is InChI=1S/C14H19N3S2/c1-8-16-12-7-11(9(15)6-14(12)19-8)17-10-4-3-5-13(10)18-2/h6-7,10,13,17H,3-5,15H2,1-2H3. The van der Waals surface area contributed by atoms with Gasteiger partial charge in [0.15, 0.2) is 0 Å². The molecule has 0 saturated heterocycles. The van der Waals surface area contributed by atoms with Crippen molar-refractivity contribution in [1.82, 2.24) is 4.98 Å². The minimum absolute atomic E-state index is 0.537. The van der Waals surface area contributed by atoms with Gasteiger partial charge in [0.1, 0.15) is 0 Å². The molecular formula is C14H19N3S2. The number of thioether (sulfide) groups is 1. The van der Waals surface area contributed by atoms with Crippen LogP contribution in [0.2, 0.25) is 0 Å². The first-order chi connectivity index (χ1) is 9.17. The van der Waals surface area contributed by atoms with E-state index in [1.165, 1.54) is 24.0 Å². The Morgan fingerprint density at radius 3 is 3.05 bits per heavy atom. The molecule has 3 N–H and O–H groups in total. The van der Waals surface area contributed by atoms with Crippen molar-refractivity contribution in [3.05, 3.63) is 17.1 Å². The van der Waals surface area contributed by atoms with Crippen LogP contribution < -0.4 is 11.1 Å². The summed E-state index contributed by atoms with van der Waals surface area (Å²) in [7, 11) is 0. The van der Waals surface area contributed by atoms with Gasteiger partial charge in [-0.05, 0) is 38.2 Å². The Labute approximate surface area is 122 Å². The lowest BCUT2D eigenvalue weighted by molar-refractivity contribution is 0.769. The molecule has 0 amide bonds. The highest BCUT2D eigenvalue weighted by molar-refractivity contribution is 7.99. The molecule has 0 radical (unpaired) electrons. The summed E-state index contributed by atoms with van der Waals surface area (Å²) >= 11 is 3.66. The van der Waals surface area contributed by atoms with Gasteiger partial charge in [-0.15, -0.1) is 11.3 Å². The van der Waals surface area contributed by atoms with Crippen molar-refractivity contribution >= 4 is 44.7 Å². The molecule has 0 aliphatic heterocycles. The average molecular weight is 293 g/mol. The molecule has 2 aromatic rings. The Balaban J connectivity index is 1.89. The van der Waals surface area contributed by atoms with Gasteiger partial charge in [0.25, 0.3) is 0 Å². The molecule has 19 heavy (non-hydrogen) atoms. The van der Waals surface area contributed by atoms with Crippen LogP contribution in [-0.2, 0) is 0 Å². The predicted molar refractivity (Wildman–Crippen MR) is 87.3 cm³/mol. The third kappa shape index (κ3) is 2.54. The number of hydrogen-bond donors (Lipinski definition) is 2. The van der Waals surface area contributed by atoms with Crippen molar-refractivity contribution in [3.8, 4) is 0 Å². The summed E-state index contributed by atoms with van der Waals surface area (Å²) < 4.78 is 1.17. The second-order valence-corrected chi connectivity index (χ2v) is 7.41. The molecule has 2 unspecified atom stereocenters. The number of nitrogens with one attached hydrogen (secondary N) is 1. The van der Waals surface area contributed by atoms with E-state index >= 15 is 0 Å². The molecule has 2 atom stereocenters. The Morgan fingerprint density at radius 1 is 1.42 bits per heavy atom. The van der Waals surface area contributed by atoms with E-state index < -0.39 is 0 Å². The van der Waals surface area contributed by atoms with Crippen LogP contribution in [0.3, 0.4) is 0 Å². The van der Waals surface area contributed by atoms with Crippen molar-refractivity contribution in [3.63, 3.8) is 0 Å². The first-order valence-corrected chi connectivity index (χ1v) is 8.74. The summed E-state index contributed by atoms with van der Waals surface area (Å²) in [4.78, 5) is 4.55. The molecule has 1 aromatic carbocycles. The third-order valence-corrected chi connectivity index (χ3v) is 5.87. The number of nitrogen functional groups attached to an aromatic ring is 1. The number of benzene rings is 1. The number of thiazole rings is 1.